The van der Waals surface area contributed by atoms with Crippen LogP contribution in [0.15, 0.2) is 24.3 Å². The number of hydrogen-bond acceptors (Lipinski definition) is 2. The van der Waals surface area contributed by atoms with E-state index < -0.39 is 3.79 Å². The van der Waals surface area contributed by atoms with Crippen LogP contribution in [0.25, 0.3) is 0 Å². The molecular weight excluding hydrogens is 371 g/mol. The molecule has 1 aromatic rings. The number of nitrogens with one attached hydrogen (secondary N) is 1. The molecule has 1 N–H and O–H groups in total. The monoisotopic (exact) mass is 377 g/mol. The molecule has 0 spiro atoms. The van der Waals surface area contributed by atoms with Gasteiger partial charge in [0, 0.05) is 9.13 Å². The van der Waals surface area contributed by atoms with E-state index in [-0.39, 0.29) is 12.5 Å². The number of alkyl halides is 3. The van der Waals surface area contributed by atoms with Crippen LogP contribution in [0.4, 0.5) is 0 Å². The summed E-state index contributed by atoms with van der Waals surface area (Å²) in [4.78, 5) is 0. The van der Waals surface area contributed by atoms with Crippen molar-refractivity contribution in [3.8, 4) is 0 Å². The maximum absolute atomic E-state index is 7.34. The molecule has 1 aromatic carbocycles. The van der Waals surface area contributed by atoms with Crippen LogP contribution in [0.1, 0.15) is 5.56 Å². The summed E-state index contributed by atoms with van der Waals surface area (Å²) < 4.78 is 4.31. The predicted molar refractivity (Wildman–Crippen MR) is 72.0 cm³/mol. The topological polar surface area (TPSA) is 33.1 Å². The van der Waals surface area contributed by atoms with Crippen LogP contribution >= 0.6 is 57.4 Å². The fraction of sp³-hybridized carbons (Fsp3) is 0.222. The first-order valence-electron chi connectivity index (χ1n) is 3.93. The smallest absolute Gasteiger partial charge is 0.265 e. The summed E-state index contributed by atoms with van der Waals surface area (Å²) in [7, 11) is 0. The van der Waals surface area contributed by atoms with Gasteiger partial charge in [0.2, 0.25) is 5.90 Å². The van der Waals surface area contributed by atoms with E-state index in [0.29, 0.717) is 0 Å². The summed E-state index contributed by atoms with van der Waals surface area (Å²) in [6.45, 7) is 0.228. The maximum atomic E-state index is 7.34. The minimum absolute atomic E-state index is 0.228. The highest BCUT2D eigenvalue weighted by molar-refractivity contribution is 14.1. The van der Waals surface area contributed by atoms with Crippen molar-refractivity contribution in [2.75, 3.05) is 0 Å². The normalized spacial score (nSPS) is 11.2. The van der Waals surface area contributed by atoms with E-state index in [0.717, 1.165) is 9.13 Å². The number of ether oxygens (including phenoxy) is 1. The molecule has 0 aliphatic carbocycles. The first kappa shape index (κ1) is 13.4. The molecule has 0 bridgehead atoms. The summed E-state index contributed by atoms with van der Waals surface area (Å²) in [5, 5.41) is 7.34. The summed E-state index contributed by atoms with van der Waals surface area (Å²) >= 11 is 18.6. The number of hydrogen-bond donors (Lipinski definition) is 1. The van der Waals surface area contributed by atoms with Crippen molar-refractivity contribution in [2.45, 2.75) is 10.4 Å². The minimum atomic E-state index is -1.79. The predicted octanol–water partition coefficient (Wildman–Crippen LogP) is 4.16. The number of rotatable bonds is 2. The highest BCUT2D eigenvalue weighted by Crippen LogP contribution is 2.28. The third kappa shape index (κ3) is 4.34. The van der Waals surface area contributed by atoms with Gasteiger partial charge in [0.15, 0.2) is 0 Å². The molecule has 2 nitrogen and oxygen atoms in total. The zero-order valence-electron chi connectivity index (χ0n) is 7.44. The molecule has 0 aromatic heterocycles. The van der Waals surface area contributed by atoms with Crippen LogP contribution < -0.4 is 0 Å². The minimum Gasteiger partial charge on any atom is -0.473 e. The largest absolute Gasteiger partial charge is 0.473 e. The first-order valence-corrected chi connectivity index (χ1v) is 6.14. The third-order valence-corrected chi connectivity index (χ3v) is 3.15. The molecule has 0 saturated heterocycles. The van der Waals surface area contributed by atoms with Gasteiger partial charge in [0.1, 0.15) is 6.61 Å². The molecule has 6 heteroatoms. The van der Waals surface area contributed by atoms with Crippen LogP contribution in [0.5, 0.6) is 0 Å². The maximum Gasteiger partial charge on any atom is 0.265 e. The SMILES string of the molecule is N=C(OCc1ccccc1I)C(Cl)(Cl)Cl. The van der Waals surface area contributed by atoms with E-state index in [9.17, 15) is 0 Å². The zero-order chi connectivity index (χ0) is 11.5. The lowest BCUT2D eigenvalue weighted by Gasteiger charge is -2.14. The molecule has 15 heavy (non-hydrogen) atoms. The van der Waals surface area contributed by atoms with Crippen molar-refractivity contribution in [1.82, 2.24) is 0 Å². The Morgan fingerprint density at radius 3 is 2.47 bits per heavy atom. The molecule has 0 saturated carbocycles. The van der Waals surface area contributed by atoms with E-state index >= 15 is 0 Å². The molecule has 0 amide bonds. The summed E-state index contributed by atoms with van der Waals surface area (Å²) in [6.07, 6.45) is 0. The second kappa shape index (κ2) is 5.57. The van der Waals surface area contributed by atoms with Crippen molar-refractivity contribution >= 4 is 63.3 Å². The Kier molecular flexibility index (Phi) is 4.96. The van der Waals surface area contributed by atoms with E-state index in [4.69, 9.17) is 44.9 Å². The summed E-state index contributed by atoms with van der Waals surface area (Å²) in [5.74, 6) is -0.368. The van der Waals surface area contributed by atoms with Gasteiger partial charge in [-0.2, -0.15) is 0 Å². The molecule has 0 fully saturated rings. The third-order valence-electron chi connectivity index (χ3n) is 1.59. The Bertz CT molecular complexity index is 365. The van der Waals surface area contributed by atoms with Crippen molar-refractivity contribution in [3.63, 3.8) is 0 Å². The van der Waals surface area contributed by atoms with Gasteiger partial charge in [0.05, 0.1) is 0 Å². The van der Waals surface area contributed by atoms with Crippen molar-refractivity contribution in [3.05, 3.63) is 33.4 Å². The summed E-state index contributed by atoms with van der Waals surface area (Å²) in [5.41, 5.74) is 0.956. The lowest BCUT2D eigenvalue weighted by Crippen LogP contribution is -2.21. The molecular formula is C9H7Cl3INO. The lowest BCUT2D eigenvalue weighted by molar-refractivity contribution is 0.283. The van der Waals surface area contributed by atoms with E-state index in [1.165, 1.54) is 0 Å². The van der Waals surface area contributed by atoms with Crippen LogP contribution in [-0.2, 0) is 11.3 Å². The van der Waals surface area contributed by atoms with Crippen LogP contribution in [0.2, 0.25) is 0 Å². The van der Waals surface area contributed by atoms with Gasteiger partial charge in [-0.1, -0.05) is 53.0 Å². The number of halogens is 4. The van der Waals surface area contributed by atoms with E-state index in [1.54, 1.807) is 0 Å². The Morgan fingerprint density at radius 2 is 1.93 bits per heavy atom. The molecule has 0 unspecified atom stereocenters. The van der Waals surface area contributed by atoms with Gasteiger partial charge in [-0.05, 0) is 28.7 Å². The van der Waals surface area contributed by atoms with Crippen LogP contribution in [0.3, 0.4) is 0 Å². The Balaban J connectivity index is 2.59. The van der Waals surface area contributed by atoms with Crippen LogP contribution in [0, 0.1) is 8.98 Å². The molecule has 0 atom stereocenters. The standard InChI is InChI=1S/C9H7Cl3INO/c10-9(11,12)8(14)15-5-6-3-1-2-4-7(6)13/h1-4,14H,5H2. The summed E-state index contributed by atoms with van der Waals surface area (Å²) in [6, 6.07) is 7.65. The second-order valence-corrected chi connectivity index (χ2v) is 6.15. The van der Waals surface area contributed by atoms with Gasteiger partial charge in [0.25, 0.3) is 3.79 Å². The average molecular weight is 378 g/mol. The van der Waals surface area contributed by atoms with Gasteiger partial charge < -0.3 is 4.74 Å². The zero-order valence-corrected chi connectivity index (χ0v) is 11.9. The van der Waals surface area contributed by atoms with Crippen molar-refractivity contribution in [1.29, 1.82) is 5.41 Å². The Labute approximate surface area is 116 Å². The van der Waals surface area contributed by atoms with Gasteiger partial charge >= 0.3 is 0 Å². The van der Waals surface area contributed by atoms with Crippen molar-refractivity contribution < 1.29 is 4.74 Å². The highest BCUT2D eigenvalue weighted by Gasteiger charge is 2.28. The van der Waals surface area contributed by atoms with Gasteiger partial charge in [-0.25, -0.2) is 0 Å². The first-order chi connectivity index (χ1) is 6.91. The van der Waals surface area contributed by atoms with Crippen molar-refractivity contribution in [2.24, 2.45) is 0 Å². The Hall–Kier alpha value is 0.290. The van der Waals surface area contributed by atoms with Gasteiger partial charge in [-0.3, -0.25) is 5.41 Å². The average Bonchev–Trinajstić information content (AvgIpc) is 2.14. The molecule has 82 valence electrons. The van der Waals surface area contributed by atoms with Crippen LogP contribution in [-0.4, -0.2) is 9.69 Å². The van der Waals surface area contributed by atoms with E-state index in [1.807, 2.05) is 24.3 Å². The highest BCUT2D eigenvalue weighted by atomic mass is 127. The Morgan fingerprint density at radius 1 is 1.33 bits per heavy atom. The fourth-order valence-electron chi connectivity index (χ4n) is 0.847. The molecule has 0 aliphatic heterocycles. The fourth-order valence-corrected chi connectivity index (χ4v) is 1.55. The molecule has 0 heterocycles. The molecule has 0 radical (unpaired) electrons. The quantitative estimate of drug-likeness (QED) is 0.357. The lowest BCUT2D eigenvalue weighted by atomic mass is 10.2. The van der Waals surface area contributed by atoms with E-state index in [2.05, 4.69) is 22.6 Å². The molecule has 1 rings (SSSR count). The number of benzene rings is 1. The second-order valence-electron chi connectivity index (χ2n) is 2.71. The molecule has 0 aliphatic rings. The van der Waals surface area contributed by atoms with Gasteiger partial charge in [-0.15, -0.1) is 0 Å².